The van der Waals surface area contributed by atoms with Gasteiger partial charge in [0.15, 0.2) is 11.5 Å². The molecule has 36 heavy (non-hydrogen) atoms. The third-order valence-corrected chi connectivity index (χ3v) is 5.70. The summed E-state index contributed by atoms with van der Waals surface area (Å²) in [5, 5.41) is 3.91. The number of fused-ring (bicyclic) bond motifs is 1. The Bertz CT molecular complexity index is 1190. The lowest BCUT2D eigenvalue weighted by atomic mass is 10.1. The highest BCUT2D eigenvalue weighted by molar-refractivity contribution is 6.27. The molecule has 1 aromatic carbocycles. The summed E-state index contributed by atoms with van der Waals surface area (Å²) < 4.78 is 17.4. The predicted molar refractivity (Wildman–Crippen MR) is 143 cm³/mol. The molecule has 2 heterocycles. The largest absolute Gasteiger partial charge is 0.493 e. The molecule has 8 nitrogen and oxygen atoms in total. The van der Waals surface area contributed by atoms with Crippen molar-refractivity contribution >= 4 is 34.4 Å². The Hall–Kier alpha value is -3.44. The summed E-state index contributed by atoms with van der Waals surface area (Å²) in [6.45, 7) is 12.4. The Morgan fingerprint density at radius 3 is 2.56 bits per heavy atom. The first-order valence-electron chi connectivity index (χ1n) is 11.7. The fourth-order valence-corrected chi connectivity index (χ4v) is 3.64. The number of likely N-dealkylation sites (tertiary alicyclic amines) is 1. The summed E-state index contributed by atoms with van der Waals surface area (Å²) in [7, 11) is 1.58. The molecule has 1 amide bonds. The number of hydrogen-bond acceptors (Lipinski definition) is 7. The Balaban J connectivity index is 1.76. The second-order valence-corrected chi connectivity index (χ2v) is 10.5. The van der Waals surface area contributed by atoms with Crippen LogP contribution in [0.5, 0.6) is 11.5 Å². The van der Waals surface area contributed by atoms with Crippen molar-refractivity contribution in [3.63, 3.8) is 0 Å². The Morgan fingerprint density at radius 2 is 1.94 bits per heavy atom. The van der Waals surface area contributed by atoms with Crippen LogP contribution in [0.15, 0.2) is 42.9 Å². The van der Waals surface area contributed by atoms with Crippen molar-refractivity contribution in [3.8, 4) is 23.8 Å². The minimum absolute atomic E-state index is 0.0841. The van der Waals surface area contributed by atoms with Crippen molar-refractivity contribution in [3.05, 3.63) is 42.9 Å². The van der Waals surface area contributed by atoms with Gasteiger partial charge in [-0.25, -0.2) is 14.8 Å². The van der Waals surface area contributed by atoms with Gasteiger partial charge in [-0.3, -0.25) is 0 Å². The first kappa shape index (κ1) is 27.2. The number of hydrogen-bond donors (Lipinski definition) is 1. The number of carbonyl (C=O) groups excluding carboxylic acids is 1. The Kier molecular flexibility index (Phi) is 8.36. The fraction of sp³-hybridized carbons (Fsp3) is 0.444. The van der Waals surface area contributed by atoms with Crippen LogP contribution in [-0.4, -0.2) is 57.7 Å². The topological polar surface area (TPSA) is 85.8 Å². The zero-order chi connectivity index (χ0) is 26.5. The molecule has 1 saturated heterocycles. The lowest BCUT2D eigenvalue weighted by molar-refractivity contribution is 0.0124. The summed E-state index contributed by atoms with van der Waals surface area (Å²) >= 11 is 6.19. The smallest absolute Gasteiger partial charge is 0.410 e. The molecular weight excluding hydrogens is 480 g/mol. The SMILES string of the molecule is C#CC(C)(Cl)/C=C\C(=C)Nc1ncnc2cc(OC)c(OC3CCN(C(=O)OC(C)(C)C)CC3)cc12. The maximum absolute atomic E-state index is 12.4. The van der Waals surface area contributed by atoms with E-state index in [1.807, 2.05) is 26.8 Å². The van der Waals surface area contributed by atoms with E-state index in [2.05, 4.69) is 27.8 Å². The van der Waals surface area contributed by atoms with Crippen LogP contribution in [0.4, 0.5) is 10.6 Å². The summed E-state index contributed by atoms with van der Waals surface area (Å²) in [6, 6.07) is 3.65. The van der Waals surface area contributed by atoms with Crippen molar-refractivity contribution in [1.29, 1.82) is 0 Å². The predicted octanol–water partition coefficient (Wildman–Crippen LogP) is 5.53. The molecule has 192 valence electrons. The fourth-order valence-electron chi connectivity index (χ4n) is 3.58. The van der Waals surface area contributed by atoms with Crippen LogP contribution < -0.4 is 14.8 Å². The molecule has 0 bridgehead atoms. The number of rotatable bonds is 7. The van der Waals surface area contributed by atoms with E-state index in [0.717, 1.165) is 5.39 Å². The van der Waals surface area contributed by atoms with E-state index in [1.165, 1.54) is 6.33 Å². The van der Waals surface area contributed by atoms with E-state index in [4.69, 9.17) is 32.2 Å². The highest BCUT2D eigenvalue weighted by Gasteiger charge is 2.28. The quantitative estimate of drug-likeness (QED) is 0.296. The minimum Gasteiger partial charge on any atom is -0.493 e. The number of nitrogens with zero attached hydrogens (tertiary/aromatic N) is 3. The van der Waals surface area contributed by atoms with Gasteiger partial charge in [0.05, 0.1) is 12.6 Å². The van der Waals surface area contributed by atoms with Crippen molar-refractivity contribution in [2.75, 3.05) is 25.5 Å². The third-order valence-electron chi connectivity index (χ3n) is 5.47. The first-order chi connectivity index (χ1) is 16.9. The summed E-state index contributed by atoms with van der Waals surface area (Å²) in [6.07, 6.45) is 11.2. The summed E-state index contributed by atoms with van der Waals surface area (Å²) in [5.74, 6) is 4.18. The Labute approximate surface area is 217 Å². The summed E-state index contributed by atoms with van der Waals surface area (Å²) in [5.41, 5.74) is 0.715. The number of terminal acetylenes is 1. The van der Waals surface area contributed by atoms with Crippen LogP contribution in [0.3, 0.4) is 0 Å². The number of aromatic nitrogens is 2. The molecule has 0 spiro atoms. The van der Waals surface area contributed by atoms with E-state index in [0.29, 0.717) is 54.5 Å². The lowest BCUT2D eigenvalue weighted by Crippen LogP contribution is -2.44. The molecule has 2 aromatic rings. The van der Waals surface area contributed by atoms with E-state index in [9.17, 15) is 4.79 Å². The molecule has 0 aliphatic carbocycles. The number of methoxy groups -OCH3 is 1. The van der Waals surface area contributed by atoms with Gasteiger partial charge in [-0.05, 0) is 45.9 Å². The van der Waals surface area contributed by atoms with Gasteiger partial charge in [-0.2, -0.15) is 0 Å². The van der Waals surface area contributed by atoms with Crippen LogP contribution in [0.1, 0.15) is 40.5 Å². The molecule has 3 rings (SSSR count). The van der Waals surface area contributed by atoms with Crippen molar-refractivity contribution in [2.24, 2.45) is 0 Å². The van der Waals surface area contributed by atoms with Gasteiger partial charge in [0.25, 0.3) is 0 Å². The van der Waals surface area contributed by atoms with Gasteiger partial charge in [0, 0.05) is 43.1 Å². The van der Waals surface area contributed by atoms with Crippen LogP contribution in [0.2, 0.25) is 0 Å². The van der Waals surface area contributed by atoms with Gasteiger partial charge >= 0.3 is 6.09 Å². The van der Waals surface area contributed by atoms with Gasteiger partial charge in [0.2, 0.25) is 0 Å². The Morgan fingerprint density at radius 1 is 1.25 bits per heavy atom. The lowest BCUT2D eigenvalue weighted by Gasteiger charge is -2.33. The maximum atomic E-state index is 12.4. The molecule has 1 N–H and O–H groups in total. The zero-order valence-corrected chi connectivity index (χ0v) is 22.2. The molecule has 1 fully saturated rings. The minimum atomic E-state index is -0.911. The molecule has 9 heteroatoms. The first-order valence-corrected chi connectivity index (χ1v) is 12.1. The van der Waals surface area contributed by atoms with Gasteiger partial charge in [0.1, 0.15) is 28.7 Å². The number of piperidine rings is 1. The van der Waals surface area contributed by atoms with Crippen LogP contribution >= 0.6 is 11.6 Å². The van der Waals surface area contributed by atoms with E-state index < -0.39 is 10.5 Å². The highest BCUT2D eigenvalue weighted by atomic mass is 35.5. The number of carbonyl (C=O) groups is 1. The molecule has 0 saturated carbocycles. The summed E-state index contributed by atoms with van der Waals surface area (Å²) in [4.78, 5) is 21.9. The number of benzene rings is 1. The van der Waals surface area contributed by atoms with Crippen LogP contribution in [0, 0.1) is 12.3 Å². The van der Waals surface area contributed by atoms with Gasteiger partial charge < -0.3 is 24.4 Å². The average molecular weight is 513 g/mol. The normalized spacial score (nSPS) is 16.3. The maximum Gasteiger partial charge on any atom is 0.410 e. The number of alkyl halides is 1. The van der Waals surface area contributed by atoms with E-state index in [-0.39, 0.29) is 12.2 Å². The van der Waals surface area contributed by atoms with Crippen molar-refractivity contribution in [1.82, 2.24) is 14.9 Å². The number of ether oxygens (including phenoxy) is 3. The molecule has 1 aromatic heterocycles. The zero-order valence-electron chi connectivity index (χ0n) is 21.4. The number of anilines is 1. The standard InChI is InChI=1S/C27H33ClN4O4/c1-8-27(6,28)12-9-18(2)31-24-20-15-23(22(34-7)16-21(20)29-17-30-24)35-19-10-13-32(14-11-19)25(33)36-26(3,4)5/h1,9,12,15-17,19H,2,10-11,13-14H2,3-7H3,(H,29,30,31)/b12-9-. The number of allylic oxidation sites excluding steroid dienone is 2. The van der Waals surface area contributed by atoms with Gasteiger partial charge in [-0.15, -0.1) is 18.0 Å². The third kappa shape index (κ3) is 7.28. The molecular formula is C27H33ClN4O4. The molecule has 1 unspecified atom stereocenters. The second kappa shape index (κ2) is 11.1. The van der Waals surface area contributed by atoms with Crippen molar-refractivity contribution in [2.45, 2.75) is 57.1 Å². The number of nitrogens with one attached hydrogen (secondary N) is 1. The average Bonchev–Trinajstić information content (AvgIpc) is 2.82. The number of halogens is 1. The monoisotopic (exact) mass is 512 g/mol. The molecule has 1 atom stereocenters. The molecule has 1 aliphatic heterocycles. The highest BCUT2D eigenvalue weighted by Crippen LogP contribution is 2.36. The van der Waals surface area contributed by atoms with Crippen LogP contribution in [-0.2, 0) is 4.74 Å². The van der Waals surface area contributed by atoms with Crippen molar-refractivity contribution < 1.29 is 19.0 Å². The van der Waals surface area contributed by atoms with E-state index >= 15 is 0 Å². The van der Waals surface area contributed by atoms with Crippen LogP contribution in [0.25, 0.3) is 10.9 Å². The second-order valence-electron chi connectivity index (χ2n) is 9.73. The van der Waals surface area contributed by atoms with E-state index in [1.54, 1.807) is 37.2 Å². The number of amides is 1. The molecule has 1 aliphatic rings. The molecule has 0 radical (unpaired) electrons. The van der Waals surface area contributed by atoms with Gasteiger partial charge in [-0.1, -0.05) is 12.5 Å².